The molecule has 1 aromatic carbocycles. The molecule has 0 aliphatic heterocycles. The maximum absolute atomic E-state index is 13.1. The second kappa shape index (κ2) is 7.87. The van der Waals surface area contributed by atoms with Gasteiger partial charge in [0.2, 0.25) is 5.91 Å². The molecule has 4 heteroatoms. The maximum Gasteiger partial charge on any atom is 0.307 e. The van der Waals surface area contributed by atoms with Crippen LogP contribution in [-0.2, 0) is 16.0 Å². The Morgan fingerprint density at radius 1 is 1.11 bits per heavy atom. The maximum atomic E-state index is 13.1. The van der Waals surface area contributed by atoms with E-state index in [0.29, 0.717) is 0 Å². The van der Waals surface area contributed by atoms with Gasteiger partial charge in [-0.2, -0.15) is 0 Å². The third kappa shape index (κ3) is 3.67. The zero-order chi connectivity index (χ0) is 19.7. The third-order valence-electron chi connectivity index (χ3n) is 6.38. The van der Waals surface area contributed by atoms with Crippen LogP contribution in [0.15, 0.2) is 35.4 Å². The van der Waals surface area contributed by atoms with Crippen molar-refractivity contribution >= 4 is 11.9 Å². The van der Waals surface area contributed by atoms with Gasteiger partial charge in [-0.3, -0.25) is 9.59 Å². The monoisotopic (exact) mass is 369 g/mol. The average Bonchev–Trinajstić information content (AvgIpc) is 3.18. The Bertz CT molecular complexity index is 745. The first kappa shape index (κ1) is 19.7. The van der Waals surface area contributed by atoms with Gasteiger partial charge in [-0.05, 0) is 63.0 Å². The number of benzene rings is 1. The molecule has 2 bridgehead atoms. The van der Waals surface area contributed by atoms with Crippen molar-refractivity contribution in [1.82, 2.24) is 5.32 Å². The Morgan fingerprint density at radius 3 is 2.22 bits per heavy atom. The molecule has 0 heterocycles. The fourth-order valence-corrected chi connectivity index (χ4v) is 5.26. The van der Waals surface area contributed by atoms with E-state index in [-0.39, 0.29) is 23.8 Å². The van der Waals surface area contributed by atoms with E-state index in [1.165, 1.54) is 16.7 Å². The molecule has 0 spiro atoms. The van der Waals surface area contributed by atoms with Gasteiger partial charge in [-0.25, -0.2) is 0 Å². The number of hydrogen-bond acceptors (Lipinski definition) is 2. The van der Waals surface area contributed by atoms with E-state index in [0.717, 1.165) is 31.2 Å². The lowest BCUT2D eigenvalue weighted by Gasteiger charge is -2.28. The lowest BCUT2D eigenvalue weighted by Crippen LogP contribution is -2.42. The first-order valence-corrected chi connectivity index (χ1v) is 10.1. The zero-order valence-corrected chi connectivity index (χ0v) is 16.8. The minimum atomic E-state index is -0.835. The van der Waals surface area contributed by atoms with Crippen molar-refractivity contribution in [3.05, 3.63) is 46.5 Å². The molecule has 2 aliphatic carbocycles. The summed E-state index contributed by atoms with van der Waals surface area (Å²) >= 11 is 0. The first-order chi connectivity index (χ1) is 12.8. The molecule has 0 saturated heterocycles. The van der Waals surface area contributed by atoms with Gasteiger partial charge in [0.05, 0.1) is 17.9 Å². The highest BCUT2D eigenvalue weighted by Crippen LogP contribution is 2.57. The van der Waals surface area contributed by atoms with E-state index >= 15 is 0 Å². The number of carboxylic acids is 1. The Balaban J connectivity index is 1.76. The first-order valence-electron chi connectivity index (χ1n) is 10.1. The molecular formula is C23H31NO3. The summed E-state index contributed by atoms with van der Waals surface area (Å²) in [7, 11) is 0. The highest BCUT2D eigenvalue weighted by atomic mass is 16.4. The molecule has 5 atom stereocenters. The Labute approximate surface area is 162 Å². The van der Waals surface area contributed by atoms with Crippen LogP contribution in [0.1, 0.15) is 64.1 Å². The summed E-state index contributed by atoms with van der Waals surface area (Å²) in [6.45, 7) is 8.21. The molecule has 27 heavy (non-hydrogen) atoms. The van der Waals surface area contributed by atoms with Gasteiger partial charge in [0.15, 0.2) is 0 Å². The van der Waals surface area contributed by atoms with Crippen LogP contribution in [0.25, 0.3) is 0 Å². The Hall–Kier alpha value is -2.10. The van der Waals surface area contributed by atoms with Crippen LogP contribution >= 0.6 is 0 Å². The summed E-state index contributed by atoms with van der Waals surface area (Å²) in [6, 6.07) is 8.22. The molecule has 1 aromatic rings. The average molecular weight is 370 g/mol. The van der Waals surface area contributed by atoms with Crippen molar-refractivity contribution in [2.24, 2.45) is 23.7 Å². The number of aryl methyl sites for hydroxylation is 1. The lowest BCUT2D eigenvalue weighted by molar-refractivity contribution is -0.149. The lowest BCUT2D eigenvalue weighted by atomic mass is 9.78. The van der Waals surface area contributed by atoms with Gasteiger partial charge in [0.1, 0.15) is 0 Å². The topological polar surface area (TPSA) is 66.4 Å². The number of hydrogen-bond donors (Lipinski definition) is 2. The van der Waals surface area contributed by atoms with E-state index in [4.69, 9.17) is 0 Å². The minimum Gasteiger partial charge on any atom is -0.481 e. The number of amides is 1. The van der Waals surface area contributed by atoms with E-state index < -0.39 is 17.8 Å². The fraction of sp³-hybridized carbons (Fsp3) is 0.565. The molecule has 2 saturated carbocycles. The predicted molar refractivity (Wildman–Crippen MR) is 106 cm³/mol. The normalized spacial score (nSPS) is 27.5. The van der Waals surface area contributed by atoms with Crippen LogP contribution in [0.5, 0.6) is 0 Å². The summed E-state index contributed by atoms with van der Waals surface area (Å²) in [5, 5.41) is 12.9. The van der Waals surface area contributed by atoms with Gasteiger partial charge in [0.25, 0.3) is 0 Å². The number of aliphatic carboxylic acids is 1. The summed E-state index contributed by atoms with van der Waals surface area (Å²) in [5.74, 6) is -1.88. The molecule has 0 aromatic heterocycles. The molecule has 2 aliphatic rings. The largest absolute Gasteiger partial charge is 0.481 e. The minimum absolute atomic E-state index is 0.0249. The zero-order valence-electron chi connectivity index (χ0n) is 16.8. The number of fused-ring (bicyclic) bond motifs is 2. The van der Waals surface area contributed by atoms with Gasteiger partial charge in [-0.15, -0.1) is 0 Å². The molecule has 0 unspecified atom stereocenters. The summed E-state index contributed by atoms with van der Waals surface area (Å²) in [5.41, 5.74) is 4.76. The van der Waals surface area contributed by atoms with Gasteiger partial charge in [0, 0.05) is 0 Å². The van der Waals surface area contributed by atoms with Gasteiger partial charge < -0.3 is 10.4 Å². The summed E-state index contributed by atoms with van der Waals surface area (Å²) in [6.07, 6.45) is 3.98. The smallest absolute Gasteiger partial charge is 0.307 e. The summed E-state index contributed by atoms with van der Waals surface area (Å²) in [4.78, 5) is 25.0. The van der Waals surface area contributed by atoms with Crippen LogP contribution in [0.4, 0.5) is 0 Å². The van der Waals surface area contributed by atoms with Crippen LogP contribution < -0.4 is 5.32 Å². The number of nitrogens with one attached hydrogen (secondary N) is 1. The van der Waals surface area contributed by atoms with E-state index in [1.807, 2.05) is 20.8 Å². The number of rotatable bonds is 6. The van der Waals surface area contributed by atoms with Crippen LogP contribution in [-0.4, -0.2) is 17.0 Å². The Morgan fingerprint density at radius 2 is 1.70 bits per heavy atom. The number of carbonyl (C=O) groups is 2. The van der Waals surface area contributed by atoms with Crippen molar-refractivity contribution in [3.63, 3.8) is 0 Å². The number of allylic oxidation sites excluding steroid dienone is 2. The van der Waals surface area contributed by atoms with Crippen molar-refractivity contribution < 1.29 is 14.7 Å². The second-order valence-corrected chi connectivity index (χ2v) is 8.36. The van der Waals surface area contributed by atoms with Crippen molar-refractivity contribution in [1.29, 1.82) is 0 Å². The van der Waals surface area contributed by atoms with E-state index in [1.54, 1.807) is 0 Å². The van der Waals surface area contributed by atoms with E-state index in [2.05, 4.69) is 36.5 Å². The molecule has 146 valence electrons. The number of carboxylic acid groups (broad SMARTS) is 1. The second-order valence-electron chi connectivity index (χ2n) is 8.36. The molecular weight excluding hydrogens is 338 g/mol. The van der Waals surface area contributed by atoms with Crippen molar-refractivity contribution in [2.75, 3.05) is 0 Å². The number of carbonyl (C=O) groups excluding carboxylic acids is 1. The highest BCUT2D eigenvalue weighted by molar-refractivity contribution is 5.87. The summed E-state index contributed by atoms with van der Waals surface area (Å²) < 4.78 is 0. The highest BCUT2D eigenvalue weighted by Gasteiger charge is 2.57. The molecule has 2 N–H and O–H groups in total. The van der Waals surface area contributed by atoms with Crippen LogP contribution in [0.2, 0.25) is 0 Å². The molecule has 4 nitrogen and oxygen atoms in total. The van der Waals surface area contributed by atoms with Gasteiger partial charge in [-0.1, -0.05) is 48.8 Å². The van der Waals surface area contributed by atoms with Crippen molar-refractivity contribution in [3.8, 4) is 0 Å². The van der Waals surface area contributed by atoms with E-state index in [9.17, 15) is 14.7 Å². The SMILES string of the molecule is CCCc1ccc([C@H](C)NC(=O)[C@H]2[C@@H](C(=O)O)[C@H]3CC[C@@H]2C3=C(C)C)cc1. The molecule has 2 fully saturated rings. The standard InChI is InChI=1S/C23H31NO3/c1-5-6-15-7-9-16(10-8-15)14(4)24-22(25)20-17-11-12-18(19(17)13(2)3)21(20)23(26)27/h7-10,14,17-18,20-21H,5-6,11-12H2,1-4H3,(H,24,25)(H,26,27)/t14-,17+,18-,20+,21-/m0/s1. The van der Waals surface area contributed by atoms with Crippen molar-refractivity contribution in [2.45, 2.75) is 59.4 Å². The van der Waals surface area contributed by atoms with Crippen LogP contribution in [0, 0.1) is 23.7 Å². The predicted octanol–water partition coefficient (Wildman–Crippen LogP) is 4.51. The quantitative estimate of drug-likeness (QED) is 0.725. The molecule has 0 radical (unpaired) electrons. The fourth-order valence-electron chi connectivity index (χ4n) is 5.26. The molecule has 3 rings (SSSR count). The third-order valence-corrected chi connectivity index (χ3v) is 6.38. The Kier molecular flexibility index (Phi) is 5.73. The molecule has 1 amide bonds. The van der Waals surface area contributed by atoms with Gasteiger partial charge >= 0.3 is 5.97 Å². The van der Waals surface area contributed by atoms with Crippen LogP contribution in [0.3, 0.4) is 0 Å².